The number of benzene rings is 2. The zero-order valence-electron chi connectivity index (χ0n) is 18.5. The van der Waals surface area contributed by atoms with Crippen molar-refractivity contribution in [1.29, 1.82) is 0 Å². The molecule has 2 amide bonds. The van der Waals surface area contributed by atoms with Crippen LogP contribution in [-0.4, -0.2) is 44.7 Å². The summed E-state index contributed by atoms with van der Waals surface area (Å²) in [7, 11) is 3.84. The lowest BCUT2D eigenvalue weighted by Gasteiger charge is -2.46. The zero-order chi connectivity index (χ0) is 22.7. The molecule has 1 unspecified atom stereocenters. The second kappa shape index (κ2) is 7.23. The number of fused-ring (bicyclic) bond motifs is 6. The highest BCUT2D eigenvalue weighted by Crippen LogP contribution is 2.44. The molecule has 8 nitrogen and oxygen atoms in total. The number of aryl methyl sites for hydroxylation is 1. The molecular weight excluding hydrogens is 416 g/mol. The first-order chi connectivity index (χ1) is 16.0. The molecule has 0 bridgehead atoms. The molecule has 2 aliphatic heterocycles. The van der Waals surface area contributed by atoms with E-state index < -0.39 is 0 Å². The minimum absolute atomic E-state index is 0.0362. The predicted molar refractivity (Wildman–Crippen MR) is 126 cm³/mol. The number of anilines is 2. The molecule has 8 heteroatoms. The van der Waals surface area contributed by atoms with Gasteiger partial charge in [-0.2, -0.15) is 5.10 Å². The molecule has 166 valence electrons. The minimum atomic E-state index is -0.272. The van der Waals surface area contributed by atoms with Gasteiger partial charge in [-0.3, -0.25) is 14.3 Å². The smallest absolute Gasteiger partial charge is 0.257 e. The number of carbonyl (C=O) groups excluding carboxylic acids is 2. The van der Waals surface area contributed by atoms with Gasteiger partial charge in [-0.1, -0.05) is 30.3 Å². The van der Waals surface area contributed by atoms with Crippen molar-refractivity contribution in [3.63, 3.8) is 0 Å². The summed E-state index contributed by atoms with van der Waals surface area (Å²) in [5.74, 6) is 0.405. The highest BCUT2D eigenvalue weighted by Gasteiger charge is 2.42. The van der Waals surface area contributed by atoms with Gasteiger partial charge in [0.15, 0.2) is 5.82 Å². The largest absolute Gasteiger partial charge is 0.349 e. The number of aromatic nitrogens is 3. The molecule has 4 aromatic rings. The average Bonchev–Trinajstić information content (AvgIpc) is 3.38. The summed E-state index contributed by atoms with van der Waals surface area (Å²) >= 11 is 0. The van der Waals surface area contributed by atoms with Crippen molar-refractivity contribution in [3.05, 3.63) is 77.6 Å². The summed E-state index contributed by atoms with van der Waals surface area (Å²) < 4.78 is 3.72. The summed E-state index contributed by atoms with van der Waals surface area (Å²) in [6, 6.07) is 17.7. The molecule has 33 heavy (non-hydrogen) atoms. The Balaban J connectivity index is 1.47. The van der Waals surface area contributed by atoms with Crippen LogP contribution < -0.4 is 10.2 Å². The summed E-state index contributed by atoms with van der Waals surface area (Å²) in [6.07, 6.45) is 2.27. The van der Waals surface area contributed by atoms with E-state index in [1.807, 2.05) is 61.5 Å². The molecule has 0 radical (unpaired) electrons. The monoisotopic (exact) mass is 440 g/mol. The highest BCUT2D eigenvalue weighted by molar-refractivity contribution is 6.02. The third-order valence-corrected chi connectivity index (χ3v) is 6.69. The first kappa shape index (κ1) is 19.6. The van der Waals surface area contributed by atoms with Crippen molar-refractivity contribution < 1.29 is 9.59 Å². The van der Waals surface area contributed by atoms with E-state index in [9.17, 15) is 9.59 Å². The molecule has 0 fully saturated rings. The van der Waals surface area contributed by atoms with Crippen LogP contribution in [0.25, 0.3) is 10.9 Å². The number of amides is 2. The van der Waals surface area contributed by atoms with E-state index >= 15 is 0 Å². The van der Waals surface area contributed by atoms with Crippen LogP contribution in [0.2, 0.25) is 0 Å². The molecule has 2 aromatic heterocycles. The van der Waals surface area contributed by atoms with Gasteiger partial charge in [0.25, 0.3) is 5.91 Å². The number of nitrogens with zero attached hydrogens (tertiary/aromatic N) is 5. The fourth-order valence-electron chi connectivity index (χ4n) is 5.29. The van der Waals surface area contributed by atoms with Crippen molar-refractivity contribution in [2.24, 2.45) is 7.05 Å². The molecule has 1 atom stereocenters. The van der Waals surface area contributed by atoms with Gasteiger partial charge in [0.2, 0.25) is 5.91 Å². The lowest BCUT2D eigenvalue weighted by atomic mass is 9.96. The van der Waals surface area contributed by atoms with Crippen molar-refractivity contribution in [3.8, 4) is 0 Å². The van der Waals surface area contributed by atoms with E-state index in [1.54, 1.807) is 16.9 Å². The van der Waals surface area contributed by atoms with E-state index in [2.05, 4.69) is 25.9 Å². The predicted octanol–water partition coefficient (Wildman–Crippen LogP) is 3.16. The Morgan fingerprint density at radius 2 is 1.88 bits per heavy atom. The van der Waals surface area contributed by atoms with Crippen LogP contribution in [0.15, 0.2) is 60.8 Å². The van der Waals surface area contributed by atoms with E-state index in [4.69, 9.17) is 0 Å². The number of rotatable bonds is 3. The minimum Gasteiger partial charge on any atom is -0.349 e. The molecule has 2 aromatic carbocycles. The van der Waals surface area contributed by atoms with Crippen LogP contribution in [0.4, 0.5) is 11.5 Å². The third kappa shape index (κ3) is 2.94. The second-order valence-corrected chi connectivity index (χ2v) is 8.64. The molecule has 0 spiro atoms. The number of hydrogen-bond donors (Lipinski definition) is 1. The van der Waals surface area contributed by atoms with Crippen LogP contribution in [0, 0.1) is 0 Å². The molecule has 2 aliphatic rings. The zero-order valence-corrected chi connectivity index (χ0v) is 18.5. The molecule has 1 N–H and O–H groups in total. The van der Waals surface area contributed by atoms with Gasteiger partial charge >= 0.3 is 0 Å². The summed E-state index contributed by atoms with van der Waals surface area (Å²) in [4.78, 5) is 30.5. The fraction of sp³-hybridized carbons (Fsp3) is 0.240. The summed E-state index contributed by atoms with van der Waals surface area (Å²) in [6.45, 7) is 0.781. The van der Waals surface area contributed by atoms with E-state index in [1.165, 1.54) is 5.56 Å². The van der Waals surface area contributed by atoms with Gasteiger partial charge in [0.05, 0.1) is 16.9 Å². The molecule has 0 saturated heterocycles. The van der Waals surface area contributed by atoms with Gasteiger partial charge in [-0.25, -0.2) is 0 Å². The normalized spacial score (nSPS) is 17.0. The van der Waals surface area contributed by atoms with Gasteiger partial charge in [-0.05, 0) is 30.2 Å². The van der Waals surface area contributed by atoms with Gasteiger partial charge in [-0.15, -0.1) is 0 Å². The van der Waals surface area contributed by atoms with E-state index in [-0.39, 0.29) is 24.5 Å². The number of nitrogens with one attached hydrogen (secondary N) is 1. The molecule has 4 heterocycles. The highest BCUT2D eigenvalue weighted by atomic mass is 16.2. The lowest BCUT2D eigenvalue weighted by molar-refractivity contribution is -0.116. The summed E-state index contributed by atoms with van der Waals surface area (Å²) in [5, 5.41) is 8.29. The second-order valence-electron chi connectivity index (χ2n) is 8.64. The standard InChI is InChI=1S/C25H24N6O2/c1-28-13-12-21(27-28)26-22(32)15-31-20-10-6-3-7-16(20)17-11-14-30-24(23(17)31)29(2)19-9-5-4-8-18(19)25(30)33/h3-10,12-13,24H,11,14-15H2,1-2H3,(H,26,27,32). The molecular formula is C25H24N6O2. The van der Waals surface area contributed by atoms with Crippen LogP contribution in [-0.2, 0) is 24.8 Å². The first-order valence-electron chi connectivity index (χ1n) is 11.1. The quantitative estimate of drug-likeness (QED) is 0.531. The van der Waals surface area contributed by atoms with Gasteiger partial charge in [0, 0.05) is 43.8 Å². The van der Waals surface area contributed by atoms with Crippen LogP contribution in [0.1, 0.15) is 27.8 Å². The Bertz CT molecular complexity index is 1420. The molecule has 6 rings (SSSR count). The molecule has 0 saturated carbocycles. The topological polar surface area (TPSA) is 75.4 Å². The Morgan fingerprint density at radius 1 is 1.09 bits per heavy atom. The lowest BCUT2D eigenvalue weighted by Crippen LogP contribution is -2.51. The van der Waals surface area contributed by atoms with Gasteiger partial charge in [0.1, 0.15) is 12.7 Å². The molecule has 0 aliphatic carbocycles. The van der Waals surface area contributed by atoms with Crippen molar-refractivity contribution in [2.75, 3.05) is 23.8 Å². The van der Waals surface area contributed by atoms with Crippen molar-refractivity contribution >= 4 is 34.2 Å². The maximum Gasteiger partial charge on any atom is 0.257 e. The number of para-hydroxylation sites is 2. The Labute approximate surface area is 191 Å². The maximum atomic E-state index is 13.4. The Morgan fingerprint density at radius 3 is 2.70 bits per heavy atom. The fourth-order valence-corrected chi connectivity index (χ4v) is 5.29. The number of carbonyl (C=O) groups is 2. The number of hydrogen-bond acceptors (Lipinski definition) is 4. The van der Waals surface area contributed by atoms with Crippen molar-refractivity contribution in [1.82, 2.24) is 19.2 Å². The van der Waals surface area contributed by atoms with E-state index in [0.717, 1.165) is 34.3 Å². The van der Waals surface area contributed by atoms with Gasteiger partial charge < -0.3 is 19.7 Å². The SMILES string of the molecule is CN1c2ccccc2C(=O)N2CCc3c(n(CC(=O)Nc4ccn(C)n4)c4ccccc34)C21. The van der Waals surface area contributed by atoms with Crippen LogP contribution >= 0.6 is 0 Å². The van der Waals surface area contributed by atoms with Crippen molar-refractivity contribution in [2.45, 2.75) is 19.1 Å². The first-order valence-corrected chi connectivity index (χ1v) is 11.1. The summed E-state index contributed by atoms with van der Waals surface area (Å²) in [5.41, 5.74) is 4.84. The Hall–Kier alpha value is -4.07. The van der Waals surface area contributed by atoms with Crippen LogP contribution in [0.5, 0.6) is 0 Å². The van der Waals surface area contributed by atoms with E-state index in [0.29, 0.717) is 12.4 Å². The maximum absolute atomic E-state index is 13.4. The average molecular weight is 441 g/mol. The third-order valence-electron chi connectivity index (χ3n) is 6.69. The van der Waals surface area contributed by atoms with Crippen LogP contribution in [0.3, 0.4) is 0 Å². The Kier molecular flexibility index (Phi) is 4.29.